The maximum absolute atomic E-state index is 11.9. The highest BCUT2D eigenvalue weighted by Crippen LogP contribution is 2.22. The normalized spacial score (nSPS) is 9.68. The summed E-state index contributed by atoms with van der Waals surface area (Å²) in [5.41, 5.74) is 5.74. The van der Waals surface area contributed by atoms with Crippen molar-refractivity contribution >= 4 is 46.7 Å². The third-order valence-electron chi connectivity index (χ3n) is 2.22. The summed E-state index contributed by atoms with van der Waals surface area (Å²) in [7, 11) is 0. The van der Waals surface area contributed by atoms with E-state index < -0.39 is 5.97 Å². The molecule has 22 heavy (non-hydrogen) atoms. The quantitative estimate of drug-likeness (QED) is 0.258. The number of carbonyl (C=O) groups is 2. The van der Waals surface area contributed by atoms with Crippen LogP contribution in [-0.4, -0.2) is 47.7 Å². The first kappa shape index (κ1) is 20.1. The summed E-state index contributed by atoms with van der Waals surface area (Å²) >= 11 is 1.10. The summed E-state index contributed by atoms with van der Waals surface area (Å²) in [6.45, 7) is 1.96. The van der Waals surface area contributed by atoms with Crippen LogP contribution in [0.2, 0.25) is 0 Å². The summed E-state index contributed by atoms with van der Waals surface area (Å²) < 4.78 is 4.85. The molecule has 1 aromatic heterocycles. The van der Waals surface area contributed by atoms with E-state index in [0.717, 1.165) is 11.3 Å². The molecular formula is C11H18ClN5O4S. The Bertz CT molecular complexity index is 537. The van der Waals surface area contributed by atoms with Gasteiger partial charge in [0.1, 0.15) is 11.5 Å². The number of anilines is 1. The van der Waals surface area contributed by atoms with E-state index in [-0.39, 0.29) is 37.5 Å². The average Bonchev–Trinajstić information content (AvgIpc) is 2.73. The van der Waals surface area contributed by atoms with Crippen molar-refractivity contribution < 1.29 is 19.4 Å². The molecule has 124 valence electrons. The van der Waals surface area contributed by atoms with Crippen LogP contribution in [0.1, 0.15) is 21.8 Å². The first-order valence-electron chi connectivity index (χ1n) is 6.06. The number of hydrogen-bond donors (Lipinski definition) is 5. The van der Waals surface area contributed by atoms with Gasteiger partial charge in [-0.2, -0.15) is 0 Å². The SMILES string of the molecule is Cc1nc(NC(=N)N)sc1C(=O)NCCCOCC(=O)O.Cl. The molecule has 1 aromatic rings. The van der Waals surface area contributed by atoms with Crippen molar-refractivity contribution in [1.29, 1.82) is 5.41 Å². The van der Waals surface area contributed by atoms with Crippen molar-refractivity contribution in [3.05, 3.63) is 10.6 Å². The maximum Gasteiger partial charge on any atom is 0.329 e. The number of ether oxygens (including phenoxy) is 1. The Morgan fingerprint density at radius 3 is 2.77 bits per heavy atom. The first-order chi connectivity index (χ1) is 9.90. The van der Waals surface area contributed by atoms with Crippen molar-refractivity contribution in [1.82, 2.24) is 10.3 Å². The molecule has 0 aliphatic rings. The van der Waals surface area contributed by atoms with E-state index in [1.165, 1.54) is 0 Å². The summed E-state index contributed by atoms with van der Waals surface area (Å²) in [6.07, 6.45) is 0.509. The predicted octanol–water partition coefficient (Wildman–Crippen LogP) is 0.400. The lowest BCUT2D eigenvalue weighted by Gasteiger charge is -2.04. The number of carbonyl (C=O) groups excluding carboxylic acids is 1. The fraction of sp³-hybridized carbons (Fsp3) is 0.455. The second-order valence-corrected chi connectivity index (χ2v) is 5.03. The van der Waals surface area contributed by atoms with Gasteiger partial charge in [0.15, 0.2) is 11.1 Å². The molecule has 1 rings (SSSR count). The Hall–Kier alpha value is -1.91. The number of halogens is 1. The van der Waals surface area contributed by atoms with Crippen LogP contribution < -0.4 is 16.4 Å². The lowest BCUT2D eigenvalue weighted by molar-refractivity contribution is -0.142. The Morgan fingerprint density at radius 2 is 2.18 bits per heavy atom. The van der Waals surface area contributed by atoms with Gasteiger partial charge in [0, 0.05) is 13.2 Å². The van der Waals surface area contributed by atoms with Crippen LogP contribution in [0.3, 0.4) is 0 Å². The third kappa shape index (κ3) is 7.20. The lowest BCUT2D eigenvalue weighted by Crippen LogP contribution is -2.25. The summed E-state index contributed by atoms with van der Waals surface area (Å²) in [4.78, 5) is 26.6. The molecule has 0 saturated carbocycles. The number of hydrogen-bond acceptors (Lipinski definition) is 6. The number of aryl methyl sites for hydroxylation is 1. The zero-order valence-corrected chi connectivity index (χ0v) is 13.5. The fourth-order valence-electron chi connectivity index (χ4n) is 1.39. The lowest BCUT2D eigenvalue weighted by atomic mass is 10.3. The number of thiazole rings is 1. The Balaban J connectivity index is 0.00000441. The van der Waals surface area contributed by atoms with Gasteiger partial charge in [0.25, 0.3) is 5.91 Å². The molecular weight excluding hydrogens is 334 g/mol. The van der Waals surface area contributed by atoms with Crippen LogP contribution in [0.25, 0.3) is 0 Å². The number of nitrogens with one attached hydrogen (secondary N) is 3. The van der Waals surface area contributed by atoms with Crippen LogP contribution in [0, 0.1) is 12.3 Å². The molecule has 0 unspecified atom stereocenters. The molecule has 9 nitrogen and oxygen atoms in total. The average molecular weight is 352 g/mol. The highest BCUT2D eigenvalue weighted by molar-refractivity contribution is 7.17. The standard InChI is InChI=1S/C11H17N5O4S.ClH/c1-6-8(21-11(15-6)16-10(12)13)9(19)14-3-2-4-20-5-7(17)18;/h2-5H2,1H3,(H,14,19)(H,17,18)(H4,12,13,15,16);1H. The number of guanidine groups is 1. The molecule has 0 bridgehead atoms. The van der Waals surface area contributed by atoms with Crippen LogP contribution in [-0.2, 0) is 9.53 Å². The molecule has 0 spiro atoms. The van der Waals surface area contributed by atoms with Crippen molar-refractivity contribution in [3.8, 4) is 0 Å². The van der Waals surface area contributed by atoms with E-state index in [1.807, 2.05) is 0 Å². The largest absolute Gasteiger partial charge is 0.480 e. The van der Waals surface area contributed by atoms with E-state index in [2.05, 4.69) is 15.6 Å². The second-order valence-electron chi connectivity index (χ2n) is 4.03. The summed E-state index contributed by atoms with van der Waals surface area (Å²) in [5, 5.41) is 21.1. The predicted molar refractivity (Wildman–Crippen MR) is 85.0 cm³/mol. The summed E-state index contributed by atoms with van der Waals surface area (Å²) in [6, 6.07) is 0. The van der Waals surface area contributed by atoms with Crippen LogP contribution in [0.15, 0.2) is 0 Å². The minimum absolute atomic E-state index is 0. The molecule has 1 heterocycles. The van der Waals surface area contributed by atoms with Gasteiger partial charge in [-0.15, -0.1) is 12.4 Å². The topological polar surface area (TPSA) is 150 Å². The number of nitrogens with two attached hydrogens (primary N) is 1. The van der Waals surface area contributed by atoms with Crippen molar-refractivity contribution in [2.24, 2.45) is 5.73 Å². The minimum Gasteiger partial charge on any atom is -0.480 e. The molecule has 0 aliphatic carbocycles. The van der Waals surface area contributed by atoms with Gasteiger partial charge >= 0.3 is 5.97 Å². The number of aliphatic carboxylic acids is 1. The van der Waals surface area contributed by atoms with Gasteiger partial charge in [-0.1, -0.05) is 11.3 Å². The van der Waals surface area contributed by atoms with Gasteiger partial charge in [0.2, 0.25) is 0 Å². The first-order valence-corrected chi connectivity index (χ1v) is 6.88. The van der Waals surface area contributed by atoms with E-state index in [0.29, 0.717) is 28.7 Å². The van der Waals surface area contributed by atoms with Crippen molar-refractivity contribution in [2.45, 2.75) is 13.3 Å². The van der Waals surface area contributed by atoms with Gasteiger partial charge in [-0.3, -0.25) is 10.2 Å². The molecule has 6 N–H and O–H groups in total. The number of carboxylic acids is 1. The van der Waals surface area contributed by atoms with Crippen LogP contribution in [0.4, 0.5) is 5.13 Å². The minimum atomic E-state index is -1.02. The number of rotatable bonds is 8. The van der Waals surface area contributed by atoms with Gasteiger partial charge in [0.05, 0.1) is 5.69 Å². The molecule has 0 radical (unpaired) electrons. The molecule has 0 saturated heterocycles. The van der Waals surface area contributed by atoms with Crippen LogP contribution in [0.5, 0.6) is 0 Å². The maximum atomic E-state index is 11.9. The second kappa shape index (κ2) is 9.92. The summed E-state index contributed by atoms with van der Waals surface area (Å²) in [5.74, 6) is -1.55. The zero-order valence-electron chi connectivity index (χ0n) is 11.8. The number of nitrogens with zero attached hydrogens (tertiary/aromatic N) is 1. The molecule has 0 fully saturated rings. The molecule has 0 atom stereocenters. The molecule has 0 aromatic carbocycles. The van der Waals surface area contributed by atoms with E-state index >= 15 is 0 Å². The molecule has 0 aliphatic heterocycles. The fourth-order valence-corrected chi connectivity index (χ4v) is 2.29. The van der Waals surface area contributed by atoms with Crippen molar-refractivity contribution in [2.75, 3.05) is 25.1 Å². The third-order valence-corrected chi connectivity index (χ3v) is 3.29. The van der Waals surface area contributed by atoms with Crippen LogP contribution >= 0.6 is 23.7 Å². The zero-order chi connectivity index (χ0) is 15.8. The van der Waals surface area contributed by atoms with Gasteiger partial charge in [-0.05, 0) is 13.3 Å². The smallest absolute Gasteiger partial charge is 0.329 e. The van der Waals surface area contributed by atoms with E-state index in [9.17, 15) is 9.59 Å². The Kier molecular flexibility index (Phi) is 9.06. The van der Waals surface area contributed by atoms with Gasteiger partial charge in [-0.25, -0.2) is 9.78 Å². The number of carboxylic acid groups (broad SMARTS) is 1. The van der Waals surface area contributed by atoms with Crippen molar-refractivity contribution in [3.63, 3.8) is 0 Å². The molecule has 11 heteroatoms. The highest BCUT2D eigenvalue weighted by atomic mass is 35.5. The molecule has 1 amide bonds. The monoisotopic (exact) mass is 351 g/mol. The number of aromatic nitrogens is 1. The van der Waals surface area contributed by atoms with E-state index in [4.69, 9.17) is 21.0 Å². The van der Waals surface area contributed by atoms with Gasteiger partial charge < -0.3 is 26.2 Å². The highest BCUT2D eigenvalue weighted by Gasteiger charge is 2.15. The Labute approximate surface area is 137 Å². The van der Waals surface area contributed by atoms with E-state index in [1.54, 1.807) is 6.92 Å². The Morgan fingerprint density at radius 1 is 1.50 bits per heavy atom. The number of amides is 1.